The van der Waals surface area contributed by atoms with E-state index in [1.165, 1.54) is 44.1 Å². The average Bonchev–Trinajstić information content (AvgIpc) is 2.67. The highest BCUT2D eigenvalue weighted by atomic mass is 16.3. The fourth-order valence-electron chi connectivity index (χ4n) is 7.55. The maximum atomic E-state index is 12.8. The van der Waals surface area contributed by atoms with Gasteiger partial charge in [0.05, 0.1) is 6.10 Å². The number of piperidine rings is 1. The minimum Gasteiger partial charge on any atom is -0.393 e. The third-order valence-corrected chi connectivity index (χ3v) is 8.40. The van der Waals surface area contributed by atoms with Crippen LogP contribution in [0, 0.1) is 23.7 Å². The van der Waals surface area contributed by atoms with Crippen LogP contribution in [0.3, 0.4) is 0 Å². The van der Waals surface area contributed by atoms with Gasteiger partial charge in [-0.1, -0.05) is 30.3 Å². The Hall–Kier alpha value is -1.39. The van der Waals surface area contributed by atoms with Crippen LogP contribution in [0.1, 0.15) is 57.4 Å². The van der Waals surface area contributed by atoms with Gasteiger partial charge in [-0.25, -0.2) is 0 Å². The predicted octanol–water partition coefficient (Wildman–Crippen LogP) is 3.69. The number of hydrogen-bond donors (Lipinski definition) is 1. The van der Waals surface area contributed by atoms with E-state index in [4.69, 9.17) is 0 Å². The van der Waals surface area contributed by atoms with Gasteiger partial charge in [-0.2, -0.15) is 0 Å². The lowest BCUT2D eigenvalue weighted by atomic mass is 9.52. The normalized spacial score (nSPS) is 38.9. The summed E-state index contributed by atoms with van der Waals surface area (Å²) < 4.78 is 0. The summed E-state index contributed by atoms with van der Waals surface area (Å²) in [5.41, 5.74) is 1.41. The highest BCUT2D eigenvalue weighted by Gasteiger charge is 2.54. The van der Waals surface area contributed by atoms with Gasteiger partial charge in [-0.3, -0.25) is 9.69 Å². The SMILES string of the molecule is CC(=O)N(CC1CN(Cc2ccccc2)CCC1O)C12CC3CC(CC(C3)C1)C2. The predicted molar refractivity (Wildman–Crippen MR) is 114 cm³/mol. The molecule has 2 atom stereocenters. The molecule has 4 bridgehead atoms. The van der Waals surface area contributed by atoms with E-state index < -0.39 is 0 Å². The number of rotatable bonds is 5. The van der Waals surface area contributed by atoms with Crippen LogP contribution in [0.5, 0.6) is 0 Å². The van der Waals surface area contributed by atoms with Gasteiger partial charge in [0.25, 0.3) is 0 Å². The first-order valence-electron chi connectivity index (χ1n) is 11.7. The minimum atomic E-state index is -0.294. The third-order valence-electron chi connectivity index (χ3n) is 8.40. The number of hydrogen-bond acceptors (Lipinski definition) is 3. The molecule has 1 heterocycles. The van der Waals surface area contributed by atoms with Gasteiger partial charge < -0.3 is 10.0 Å². The molecule has 1 amide bonds. The number of aliphatic hydroxyl groups excluding tert-OH is 1. The number of likely N-dealkylation sites (tertiary alicyclic amines) is 1. The lowest BCUT2D eigenvalue weighted by Gasteiger charge is -2.61. The van der Waals surface area contributed by atoms with E-state index in [1.807, 2.05) is 0 Å². The topological polar surface area (TPSA) is 43.8 Å². The Balaban J connectivity index is 1.30. The molecule has 0 spiro atoms. The molecule has 4 aliphatic carbocycles. The number of aliphatic hydroxyl groups is 1. The second-order valence-electron chi connectivity index (χ2n) is 10.6. The first-order valence-corrected chi connectivity index (χ1v) is 11.7. The Morgan fingerprint density at radius 3 is 2.31 bits per heavy atom. The van der Waals surface area contributed by atoms with Gasteiger partial charge in [0, 0.05) is 44.6 Å². The molecule has 0 radical (unpaired) electrons. The van der Waals surface area contributed by atoms with Crippen molar-refractivity contribution in [2.24, 2.45) is 23.7 Å². The molecule has 2 unspecified atom stereocenters. The van der Waals surface area contributed by atoms with Crippen molar-refractivity contribution in [2.45, 2.75) is 70.1 Å². The Morgan fingerprint density at radius 1 is 1.10 bits per heavy atom. The zero-order chi connectivity index (χ0) is 20.0. The third kappa shape index (κ3) is 3.86. The van der Waals surface area contributed by atoms with Crippen molar-refractivity contribution in [1.82, 2.24) is 9.80 Å². The van der Waals surface area contributed by atoms with Crippen LogP contribution >= 0.6 is 0 Å². The fourth-order valence-corrected chi connectivity index (χ4v) is 7.55. The summed E-state index contributed by atoms with van der Waals surface area (Å²) >= 11 is 0. The van der Waals surface area contributed by atoms with Crippen LogP contribution in [0.4, 0.5) is 0 Å². The van der Waals surface area contributed by atoms with Crippen LogP contribution < -0.4 is 0 Å². The highest BCUT2D eigenvalue weighted by molar-refractivity contribution is 5.74. The molecular formula is C25H36N2O2. The molecule has 1 aromatic rings. The van der Waals surface area contributed by atoms with E-state index >= 15 is 0 Å². The van der Waals surface area contributed by atoms with Gasteiger partial charge in [-0.05, 0) is 68.3 Å². The van der Waals surface area contributed by atoms with Crippen molar-refractivity contribution in [1.29, 1.82) is 0 Å². The van der Waals surface area contributed by atoms with Gasteiger partial charge in [0.2, 0.25) is 5.91 Å². The van der Waals surface area contributed by atoms with E-state index in [2.05, 4.69) is 40.1 Å². The summed E-state index contributed by atoms with van der Waals surface area (Å²) in [6.07, 6.45) is 8.30. The average molecular weight is 397 g/mol. The van der Waals surface area contributed by atoms with Gasteiger partial charge in [0.1, 0.15) is 0 Å². The van der Waals surface area contributed by atoms with Crippen molar-refractivity contribution in [3.63, 3.8) is 0 Å². The largest absolute Gasteiger partial charge is 0.393 e. The smallest absolute Gasteiger partial charge is 0.219 e. The van der Waals surface area contributed by atoms with Gasteiger partial charge >= 0.3 is 0 Å². The summed E-state index contributed by atoms with van der Waals surface area (Å²) in [5.74, 6) is 2.86. The van der Waals surface area contributed by atoms with E-state index in [0.29, 0.717) is 0 Å². The van der Waals surface area contributed by atoms with Crippen LogP contribution in [0.25, 0.3) is 0 Å². The summed E-state index contributed by atoms with van der Waals surface area (Å²) in [5, 5.41) is 10.8. The van der Waals surface area contributed by atoms with Crippen molar-refractivity contribution in [3.05, 3.63) is 35.9 Å². The van der Waals surface area contributed by atoms with E-state index in [9.17, 15) is 9.90 Å². The van der Waals surface area contributed by atoms with Crippen molar-refractivity contribution < 1.29 is 9.90 Å². The maximum Gasteiger partial charge on any atom is 0.219 e. The number of amides is 1. The maximum absolute atomic E-state index is 12.8. The van der Waals surface area contributed by atoms with Gasteiger partial charge in [0.15, 0.2) is 0 Å². The van der Waals surface area contributed by atoms with Crippen molar-refractivity contribution in [2.75, 3.05) is 19.6 Å². The first-order chi connectivity index (χ1) is 14.0. The van der Waals surface area contributed by atoms with E-state index in [0.717, 1.165) is 50.4 Å². The standard InChI is InChI=1S/C25H36N2O2/c1-18(28)27(25-12-20-9-21(13-25)11-22(10-20)14-25)17-23-16-26(8-7-24(23)29)15-19-5-3-2-4-6-19/h2-6,20-24,29H,7-17H2,1H3. The highest BCUT2D eigenvalue weighted by Crippen LogP contribution is 2.58. The first kappa shape index (κ1) is 19.6. The number of nitrogens with zero attached hydrogens (tertiary/aromatic N) is 2. The molecule has 4 nitrogen and oxygen atoms in total. The van der Waals surface area contributed by atoms with Crippen LogP contribution in [0.15, 0.2) is 30.3 Å². The molecule has 1 aromatic carbocycles. The summed E-state index contributed by atoms with van der Waals surface area (Å²) in [6.45, 7) is 5.24. The fraction of sp³-hybridized carbons (Fsp3) is 0.720. The molecule has 4 heteroatoms. The molecular weight excluding hydrogens is 360 g/mol. The lowest BCUT2D eigenvalue weighted by molar-refractivity contribution is -0.152. The van der Waals surface area contributed by atoms with Crippen LogP contribution in [-0.2, 0) is 11.3 Å². The molecule has 1 aliphatic heterocycles. The van der Waals surface area contributed by atoms with Gasteiger partial charge in [-0.15, -0.1) is 0 Å². The molecule has 6 rings (SSSR count). The zero-order valence-electron chi connectivity index (χ0n) is 17.8. The Bertz CT molecular complexity index is 698. The Morgan fingerprint density at radius 2 is 1.72 bits per heavy atom. The lowest BCUT2D eigenvalue weighted by Crippen LogP contribution is -2.63. The molecule has 5 aliphatic rings. The Kier molecular flexibility index (Phi) is 5.19. The molecule has 1 N–H and O–H groups in total. The Labute approximate surface area is 175 Å². The second kappa shape index (κ2) is 7.70. The molecule has 5 fully saturated rings. The van der Waals surface area contributed by atoms with Crippen LogP contribution in [-0.4, -0.2) is 52.1 Å². The second-order valence-corrected chi connectivity index (χ2v) is 10.6. The summed E-state index contributed by atoms with van der Waals surface area (Å²) in [4.78, 5) is 17.5. The quantitative estimate of drug-likeness (QED) is 0.826. The van der Waals surface area contributed by atoms with E-state index in [-0.39, 0.29) is 23.5 Å². The monoisotopic (exact) mass is 396 g/mol. The summed E-state index contributed by atoms with van der Waals surface area (Å²) in [6, 6.07) is 10.6. The number of benzene rings is 1. The van der Waals surface area contributed by atoms with Crippen molar-refractivity contribution in [3.8, 4) is 0 Å². The number of carbonyl (C=O) groups is 1. The zero-order valence-corrected chi connectivity index (χ0v) is 17.8. The molecule has 158 valence electrons. The van der Waals surface area contributed by atoms with E-state index in [1.54, 1.807) is 6.92 Å². The molecule has 29 heavy (non-hydrogen) atoms. The molecule has 4 saturated carbocycles. The number of carbonyl (C=O) groups excluding carboxylic acids is 1. The van der Waals surface area contributed by atoms with Crippen molar-refractivity contribution >= 4 is 5.91 Å². The minimum absolute atomic E-state index is 0.0853. The molecule has 0 aromatic heterocycles. The summed E-state index contributed by atoms with van der Waals surface area (Å²) in [7, 11) is 0. The molecule has 1 saturated heterocycles. The van der Waals surface area contributed by atoms with Crippen LogP contribution in [0.2, 0.25) is 0 Å².